The minimum absolute atomic E-state index is 0.245. The summed E-state index contributed by atoms with van der Waals surface area (Å²) in [7, 11) is 0. The molecule has 1 aliphatic rings. The molecule has 14 heavy (non-hydrogen) atoms. The number of aliphatic hydroxyl groups is 1. The zero-order chi connectivity index (χ0) is 9.80. The third-order valence-corrected chi connectivity index (χ3v) is 2.53. The first-order valence-electron chi connectivity index (χ1n) is 4.93. The van der Waals surface area contributed by atoms with Gasteiger partial charge in [0.1, 0.15) is 5.76 Å². The lowest BCUT2D eigenvalue weighted by Crippen LogP contribution is -2.25. The molecule has 0 aliphatic heterocycles. The summed E-state index contributed by atoms with van der Waals surface area (Å²) in [5.41, 5.74) is 0. The van der Waals surface area contributed by atoms with Gasteiger partial charge in [-0.05, 0) is 18.6 Å². The molecule has 2 atom stereocenters. The quantitative estimate of drug-likeness (QED) is 0.709. The number of aliphatic hydroxyl groups excluding tert-OH is 1. The molecule has 0 radical (unpaired) electrons. The normalized spacial score (nSPS) is 25.8. The second kappa shape index (κ2) is 4.44. The van der Waals surface area contributed by atoms with Crippen LogP contribution in [0.25, 0.3) is 0 Å². The van der Waals surface area contributed by atoms with Crippen molar-refractivity contribution >= 4 is 0 Å². The molecule has 3 nitrogen and oxygen atoms in total. The molecular formula is C11H15NO2. The molecule has 2 rings (SSSR count). The van der Waals surface area contributed by atoms with Crippen LogP contribution >= 0.6 is 0 Å². The van der Waals surface area contributed by atoms with Gasteiger partial charge in [0.05, 0.1) is 12.8 Å². The Balaban J connectivity index is 1.75. The van der Waals surface area contributed by atoms with Gasteiger partial charge in [-0.1, -0.05) is 12.2 Å². The van der Waals surface area contributed by atoms with Crippen LogP contribution in [-0.4, -0.2) is 17.8 Å². The second-order valence-electron chi connectivity index (χ2n) is 3.63. The number of rotatable bonds is 4. The summed E-state index contributed by atoms with van der Waals surface area (Å²) in [5, 5.41) is 12.3. The van der Waals surface area contributed by atoms with Gasteiger partial charge in [0, 0.05) is 18.6 Å². The fourth-order valence-corrected chi connectivity index (χ4v) is 1.71. The highest BCUT2D eigenvalue weighted by atomic mass is 16.3. The highest BCUT2D eigenvalue weighted by molar-refractivity contribution is 5.07. The predicted octanol–water partition coefficient (Wildman–Crippen LogP) is 1.31. The van der Waals surface area contributed by atoms with E-state index in [1.54, 1.807) is 6.26 Å². The molecule has 0 amide bonds. The highest BCUT2D eigenvalue weighted by Gasteiger charge is 2.17. The van der Waals surface area contributed by atoms with Crippen molar-refractivity contribution in [3.8, 4) is 0 Å². The fraction of sp³-hybridized carbons (Fsp3) is 0.455. The van der Waals surface area contributed by atoms with Gasteiger partial charge in [-0.15, -0.1) is 0 Å². The maximum absolute atomic E-state index is 8.94. The van der Waals surface area contributed by atoms with Crippen LogP contribution in [0, 0.1) is 5.92 Å². The molecule has 0 bridgehead atoms. The van der Waals surface area contributed by atoms with Crippen LogP contribution in [0.15, 0.2) is 35.0 Å². The molecule has 0 fully saturated rings. The molecule has 0 saturated carbocycles. The Morgan fingerprint density at radius 3 is 3.07 bits per heavy atom. The molecule has 3 heteroatoms. The molecular weight excluding hydrogens is 178 g/mol. The maximum atomic E-state index is 8.94. The average Bonchev–Trinajstić information content (AvgIpc) is 2.86. The van der Waals surface area contributed by atoms with Crippen LogP contribution in [0.1, 0.15) is 12.2 Å². The lowest BCUT2D eigenvalue weighted by atomic mass is 10.1. The van der Waals surface area contributed by atoms with Gasteiger partial charge in [-0.25, -0.2) is 0 Å². The van der Waals surface area contributed by atoms with Gasteiger partial charge in [0.2, 0.25) is 0 Å². The van der Waals surface area contributed by atoms with Crippen LogP contribution in [0.2, 0.25) is 0 Å². The van der Waals surface area contributed by atoms with Crippen molar-refractivity contribution in [2.45, 2.75) is 19.0 Å². The van der Waals surface area contributed by atoms with Gasteiger partial charge in [0.15, 0.2) is 0 Å². The van der Waals surface area contributed by atoms with E-state index in [0.29, 0.717) is 12.0 Å². The fourth-order valence-electron chi connectivity index (χ4n) is 1.71. The van der Waals surface area contributed by atoms with Gasteiger partial charge >= 0.3 is 0 Å². The topological polar surface area (TPSA) is 45.4 Å². The van der Waals surface area contributed by atoms with E-state index >= 15 is 0 Å². The van der Waals surface area contributed by atoms with Crippen LogP contribution in [0.3, 0.4) is 0 Å². The number of furan rings is 1. The summed E-state index contributed by atoms with van der Waals surface area (Å²) < 4.78 is 5.21. The molecule has 1 aromatic heterocycles. The lowest BCUT2D eigenvalue weighted by Gasteiger charge is -2.10. The third kappa shape index (κ3) is 2.25. The van der Waals surface area contributed by atoms with E-state index in [9.17, 15) is 0 Å². The molecule has 0 saturated heterocycles. The summed E-state index contributed by atoms with van der Waals surface area (Å²) >= 11 is 0. The summed E-state index contributed by atoms with van der Waals surface area (Å²) in [6.45, 7) is 0.996. The predicted molar refractivity (Wildman–Crippen MR) is 53.7 cm³/mol. The van der Waals surface area contributed by atoms with Gasteiger partial charge in [-0.3, -0.25) is 0 Å². The Kier molecular flexibility index (Phi) is 3.01. The summed E-state index contributed by atoms with van der Waals surface area (Å²) in [6.07, 6.45) is 6.85. The molecule has 1 aromatic rings. The van der Waals surface area contributed by atoms with Crippen molar-refractivity contribution in [3.05, 3.63) is 36.3 Å². The molecule has 76 valence electrons. The van der Waals surface area contributed by atoms with Gasteiger partial charge < -0.3 is 14.8 Å². The summed E-state index contributed by atoms with van der Waals surface area (Å²) in [6, 6.07) is 4.21. The Labute approximate surface area is 83.4 Å². The van der Waals surface area contributed by atoms with E-state index < -0.39 is 0 Å². The van der Waals surface area contributed by atoms with Crippen LogP contribution in [0.4, 0.5) is 0 Å². The zero-order valence-electron chi connectivity index (χ0n) is 8.02. The van der Waals surface area contributed by atoms with Crippen molar-refractivity contribution in [2.75, 3.05) is 6.61 Å². The van der Waals surface area contributed by atoms with Crippen molar-refractivity contribution < 1.29 is 9.52 Å². The van der Waals surface area contributed by atoms with Crippen LogP contribution < -0.4 is 5.32 Å². The van der Waals surface area contributed by atoms with E-state index in [1.165, 1.54) is 0 Å². The van der Waals surface area contributed by atoms with E-state index in [-0.39, 0.29) is 6.61 Å². The Morgan fingerprint density at radius 2 is 2.43 bits per heavy atom. The van der Waals surface area contributed by atoms with Crippen molar-refractivity contribution in [2.24, 2.45) is 5.92 Å². The van der Waals surface area contributed by atoms with Crippen molar-refractivity contribution in [3.63, 3.8) is 0 Å². The first-order valence-corrected chi connectivity index (χ1v) is 4.93. The molecule has 1 heterocycles. The van der Waals surface area contributed by atoms with Gasteiger partial charge in [0.25, 0.3) is 0 Å². The largest absolute Gasteiger partial charge is 0.468 e. The molecule has 0 aromatic carbocycles. The Bertz CT molecular complexity index is 292. The molecule has 0 spiro atoms. The number of hydrogen-bond donors (Lipinski definition) is 2. The lowest BCUT2D eigenvalue weighted by molar-refractivity contribution is 0.246. The molecule has 0 unspecified atom stereocenters. The van der Waals surface area contributed by atoms with Crippen molar-refractivity contribution in [1.82, 2.24) is 5.32 Å². The van der Waals surface area contributed by atoms with Crippen molar-refractivity contribution in [1.29, 1.82) is 0 Å². The number of hydrogen-bond acceptors (Lipinski definition) is 3. The smallest absolute Gasteiger partial charge is 0.117 e. The summed E-state index contributed by atoms with van der Waals surface area (Å²) in [4.78, 5) is 0. The first-order chi connectivity index (χ1) is 6.88. The second-order valence-corrected chi connectivity index (χ2v) is 3.63. The summed E-state index contributed by atoms with van der Waals surface area (Å²) in [5.74, 6) is 1.27. The third-order valence-electron chi connectivity index (χ3n) is 2.53. The Morgan fingerprint density at radius 1 is 1.50 bits per heavy atom. The zero-order valence-corrected chi connectivity index (χ0v) is 8.02. The van der Waals surface area contributed by atoms with E-state index in [1.807, 2.05) is 12.1 Å². The van der Waals surface area contributed by atoms with E-state index in [2.05, 4.69) is 17.5 Å². The van der Waals surface area contributed by atoms with Crippen LogP contribution in [0.5, 0.6) is 0 Å². The average molecular weight is 193 g/mol. The van der Waals surface area contributed by atoms with E-state index in [4.69, 9.17) is 9.52 Å². The van der Waals surface area contributed by atoms with E-state index in [0.717, 1.165) is 18.7 Å². The monoisotopic (exact) mass is 193 g/mol. The SMILES string of the molecule is OC[C@H]1C=C[C@@H](NCc2ccco2)C1. The minimum Gasteiger partial charge on any atom is -0.468 e. The minimum atomic E-state index is 0.245. The van der Waals surface area contributed by atoms with Gasteiger partial charge in [-0.2, -0.15) is 0 Å². The Hall–Kier alpha value is -1.06. The highest BCUT2D eigenvalue weighted by Crippen LogP contribution is 2.17. The number of nitrogens with one attached hydrogen (secondary N) is 1. The molecule has 1 aliphatic carbocycles. The molecule has 2 N–H and O–H groups in total. The van der Waals surface area contributed by atoms with Crippen LogP contribution in [-0.2, 0) is 6.54 Å². The first kappa shape index (κ1) is 9.49. The standard InChI is InChI=1S/C11H15NO2/c13-8-9-3-4-10(6-9)12-7-11-2-1-5-14-11/h1-5,9-10,12-13H,6-8H2/t9-,10+/m0/s1. The maximum Gasteiger partial charge on any atom is 0.117 e.